The summed E-state index contributed by atoms with van der Waals surface area (Å²) in [6.07, 6.45) is 0. The molecule has 0 N–H and O–H groups in total. The zero-order valence-corrected chi connectivity index (χ0v) is 18.5. The molecule has 0 saturated carbocycles. The number of amides is 1. The molecule has 3 rings (SSSR count). The molecule has 1 aliphatic heterocycles. The van der Waals surface area contributed by atoms with E-state index in [4.69, 9.17) is 23.7 Å². The fourth-order valence-corrected chi connectivity index (χ4v) is 3.15. The molecule has 1 fully saturated rings. The first-order valence-corrected chi connectivity index (χ1v) is 10.7. The molecule has 0 radical (unpaired) electrons. The summed E-state index contributed by atoms with van der Waals surface area (Å²) >= 11 is 0. The Morgan fingerprint density at radius 2 is 1.72 bits per heavy atom. The van der Waals surface area contributed by atoms with Gasteiger partial charge in [-0.15, -0.1) is 0 Å². The number of hydrogen-bond donors (Lipinski definition) is 0. The number of esters is 1. The van der Waals surface area contributed by atoms with Crippen LogP contribution in [0.2, 0.25) is 0 Å². The minimum absolute atomic E-state index is 0.111. The minimum Gasteiger partial charge on any atom is -0.490 e. The number of benzene rings is 2. The molecule has 0 atom stereocenters. The summed E-state index contributed by atoms with van der Waals surface area (Å²) in [5.41, 5.74) is 1.35. The van der Waals surface area contributed by atoms with Crippen molar-refractivity contribution in [2.45, 2.75) is 13.8 Å². The fraction of sp³-hybridized carbons (Fsp3) is 0.417. The molecule has 2 aromatic rings. The molecular formula is C24H29NO7. The average Bonchev–Trinajstić information content (AvgIpc) is 2.82. The quantitative estimate of drug-likeness (QED) is 0.412. The van der Waals surface area contributed by atoms with Gasteiger partial charge in [-0.05, 0) is 43.7 Å². The van der Waals surface area contributed by atoms with Gasteiger partial charge in [0.25, 0.3) is 5.91 Å². The van der Waals surface area contributed by atoms with Crippen molar-refractivity contribution < 1.29 is 33.3 Å². The molecule has 32 heavy (non-hydrogen) atoms. The molecule has 0 aromatic heterocycles. The lowest BCUT2D eigenvalue weighted by molar-refractivity contribution is -0.137. The van der Waals surface area contributed by atoms with Crippen molar-refractivity contribution in [3.63, 3.8) is 0 Å². The Morgan fingerprint density at radius 1 is 0.938 bits per heavy atom. The highest BCUT2D eigenvalue weighted by Gasteiger charge is 2.19. The number of ether oxygens (including phenoxy) is 5. The third kappa shape index (κ3) is 6.62. The van der Waals surface area contributed by atoms with Crippen LogP contribution in [0.15, 0.2) is 42.5 Å². The van der Waals surface area contributed by atoms with Crippen LogP contribution in [0.25, 0.3) is 0 Å². The van der Waals surface area contributed by atoms with Gasteiger partial charge in [-0.3, -0.25) is 4.79 Å². The highest BCUT2D eigenvalue weighted by Crippen LogP contribution is 2.29. The smallest absolute Gasteiger partial charge is 0.338 e. The van der Waals surface area contributed by atoms with Crippen LogP contribution in [-0.2, 0) is 14.3 Å². The molecule has 8 nitrogen and oxygen atoms in total. The van der Waals surface area contributed by atoms with Gasteiger partial charge in [0, 0.05) is 13.1 Å². The largest absolute Gasteiger partial charge is 0.490 e. The molecule has 0 aliphatic carbocycles. The highest BCUT2D eigenvalue weighted by atomic mass is 16.6. The lowest BCUT2D eigenvalue weighted by Crippen LogP contribution is -2.43. The number of nitrogens with zero attached hydrogens (tertiary/aromatic N) is 1. The molecule has 172 valence electrons. The van der Waals surface area contributed by atoms with Crippen molar-refractivity contribution in [2.75, 3.05) is 52.7 Å². The second-order valence-electron chi connectivity index (χ2n) is 7.13. The van der Waals surface area contributed by atoms with Crippen molar-refractivity contribution in [3.8, 4) is 17.2 Å². The van der Waals surface area contributed by atoms with E-state index in [0.717, 1.165) is 11.3 Å². The number of carbonyl (C=O) groups is 2. The Labute approximate surface area is 188 Å². The predicted octanol–water partition coefficient (Wildman–Crippen LogP) is 2.87. The summed E-state index contributed by atoms with van der Waals surface area (Å²) in [5, 5.41) is 0. The third-order valence-corrected chi connectivity index (χ3v) is 4.86. The first-order valence-electron chi connectivity index (χ1n) is 10.7. The van der Waals surface area contributed by atoms with E-state index in [0.29, 0.717) is 50.0 Å². The van der Waals surface area contributed by atoms with Gasteiger partial charge in [0.15, 0.2) is 18.1 Å². The van der Waals surface area contributed by atoms with E-state index >= 15 is 0 Å². The Kier molecular flexibility index (Phi) is 8.74. The second kappa shape index (κ2) is 12.0. The Balaban J connectivity index is 1.52. The molecule has 0 unspecified atom stereocenters. The van der Waals surface area contributed by atoms with E-state index in [1.807, 2.05) is 38.1 Å². The lowest BCUT2D eigenvalue weighted by atomic mass is 10.2. The summed E-state index contributed by atoms with van der Waals surface area (Å²) in [6, 6.07) is 12.4. The van der Waals surface area contributed by atoms with Crippen LogP contribution >= 0.6 is 0 Å². The van der Waals surface area contributed by atoms with E-state index in [1.54, 1.807) is 23.1 Å². The zero-order chi connectivity index (χ0) is 22.8. The van der Waals surface area contributed by atoms with Crippen LogP contribution in [-0.4, -0.2) is 69.5 Å². The van der Waals surface area contributed by atoms with E-state index < -0.39 is 5.97 Å². The van der Waals surface area contributed by atoms with Crippen LogP contribution in [0.3, 0.4) is 0 Å². The maximum atomic E-state index is 12.4. The lowest BCUT2D eigenvalue weighted by Gasteiger charge is -2.26. The van der Waals surface area contributed by atoms with Gasteiger partial charge in [-0.1, -0.05) is 18.2 Å². The van der Waals surface area contributed by atoms with E-state index in [1.165, 1.54) is 0 Å². The van der Waals surface area contributed by atoms with Gasteiger partial charge in [-0.2, -0.15) is 0 Å². The van der Waals surface area contributed by atoms with Crippen LogP contribution < -0.4 is 14.2 Å². The Bertz CT molecular complexity index is 909. The van der Waals surface area contributed by atoms with Crippen LogP contribution in [0.5, 0.6) is 17.2 Å². The van der Waals surface area contributed by atoms with Crippen LogP contribution in [0, 0.1) is 6.92 Å². The number of rotatable bonds is 10. The van der Waals surface area contributed by atoms with Gasteiger partial charge < -0.3 is 28.6 Å². The predicted molar refractivity (Wildman–Crippen MR) is 117 cm³/mol. The summed E-state index contributed by atoms with van der Waals surface area (Å²) in [6.45, 7) is 6.59. The first-order chi connectivity index (χ1) is 15.6. The van der Waals surface area contributed by atoms with Gasteiger partial charge in [0.05, 0.1) is 25.4 Å². The van der Waals surface area contributed by atoms with Crippen molar-refractivity contribution in [1.29, 1.82) is 0 Å². The molecule has 0 spiro atoms. The standard InChI is InChI=1S/C24H29NO7/c1-3-29-22-16-19(24(27)31-15-14-30-20-7-5-4-6-18(20)2)8-9-21(22)32-17-23(26)25-10-12-28-13-11-25/h4-9,16H,3,10-15,17H2,1-2H3. The van der Waals surface area contributed by atoms with E-state index in [9.17, 15) is 9.59 Å². The average molecular weight is 443 g/mol. The fourth-order valence-electron chi connectivity index (χ4n) is 3.15. The Hall–Kier alpha value is -3.26. The molecular weight excluding hydrogens is 414 g/mol. The number of hydrogen-bond acceptors (Lipinski definition) is 7. The first kappa shape index (κ1) is 23.4. The van der Waals surface area contributed by atoms with Gasteiger partial charge in [-0.25, -0.2) is 4.79 Å². The number of carbonyl (C=O) groups excluding carboxylic acids is 2. The summed E-state index contributed by atoms with van der Waals surface area (Å²) in [4.78, 5) is 26.4. The van der Waals surface area contributed by atoms with Crippen LogP contribution in [0.1, 0.15) is 22.8 Å². The second-order valence-corrected chi connectivity index (χ2v) is 7.13. The molecule has 1 saturated heterocycles. The molecule has 2 aromatic carbocycles. The van der Waals surface area contributed by atoms with Crippen molar-refractivity contribution in [1.82, 2.24) is 4.90 Å². The minimum atomic E-state index is -0.490. The van der Waals surface area contributed by atoms with E-state index in [-0.39, 0.29) is 25.7 Å². The highest BCUT2D eigenvalue weighted by molar-refractivity contribution is 5.90. The topological polar surface area (TPSA) is 83.5 Å². The SMILES string of the molecule is CCOc1cc(C(=O)OCCOc2ccccc2C)ccc1OCC(=O)N1CCOCC1. The maximum Gasteiger partial charge on any atom is 0.338 e. The molecule has 1 heterocycles. The zero-order valence-electron chi connectivity index (χ0n) is 18.5. The molecule has 1 aliphatic rings. The van der Waals surface area contributed by atoms with E-state index in [2.05, 4.69) is 0 Å². The summed E-state index contributed by atoms with van der Waals surface area (Å²) < 4.78 is 27.5. The van der Waals surface area contributed by atoms with Crippen molar-refractivity contribution in [2.24, 2.45) is 0 Å². The number of aryl methyl sites for hydroxylation is 1. The third-order valence-electron chi connectivity index (χ3n) is 4.86. The van der Waals surface area contributed by atoms with Gasteiger partial charge in [0.1, 0.15) is 19.0 Å². The van der Waals surface area contributed by atoms with Crippen LogP contribution in [0.4, 0.5) is 0 Å². The number of morpholine rings is 1. The van der Waals surface area contributed by atoms with Gasteiger partial charge >= 0.3 is 5.97 Å². The summed E-state index contributed by atoms with van der Waals surface area (Å²) in [7, 11) is 0. The number of para-hydroxylation sites is 1. The van der Waals surface area contributed by atoms with Crippen molar-refractivity contribution >= 4 is 11.9 Å². The molecule has 8 heteroatoms. The monoisotopic (exact) mass is 443 g/mol. The maximum absolute atomic E-state index is 12.4. The Morgan fingerprint density at radius 3 is 2.47 bits per heavy atom. The molecule has 1 amide bonds. The van der Waals surface area contributed by atoms with Crippen molar-refractivity contribution in [3.05, 3.63) is 53.6 Å². The molecule has 0 bridgehead atoms. The van der Waals surface area contributed by atoms with Gasteiger partial charge in [0.2, 0.25) is 0 Å². The summed E-state index contributed by atoms with van der Waals surface area (Å²) in [5.74, 6) is 0.930. The normalized spacial score (nSPS) is 13.4.